The topological polar surface area (TPSA) is 98.6 Å². The Morgan fingerprint density at radius 3 is 1.52 bits per heavy atom. The first-order chi connectivity index (χ1) is 9.12. The Bertz CT molecular complexity index is 301. The zero-order valence-electron chi connectivity index (χ0n) is 14.6. The van der Waals surface area contributed by atoms with Gasteiger partial charge in [-0.2, -0.15) is 8.42 Å². The normalized spacial score (nSPS) is 11.3. The van der Waals surface area contributed by atoms with Crippen molar-refractivity contribution in [1.29, 1.82) is 0 Å². The van der Waals surface area contributed by atoms with Crippen LogP contribution in [0, 0.1) is 0 Å². The number of quaternary nitrogens is 1. The molecule has 0 bridgehead atoms. The van der Waals surface area contributed by atoms with Gasteiger partial charge in [0.15, 0.2) is 0 Å². The molecule has 0 heterocycles. The standard InChI is InChI=1S/C13H30N.CH4O4S.H3N/c1-5-6-7-8-9-10-11-12-13-14(2,3)4;1-5-6(2,3)4;/h5-13H2,1-4H3;1H3,(H,2,3,4);1H3/q+1;;. The van der Waals surface area contributed by atoms with Crippen molar-refractivity contribution in [2.75, 3.05) is 34.8 Å². The lowest BCUT2D eigenvalue weighted by Crippen LogP contribution is -2.35. The quantitative estimate of drug-likeness (QED) is 0.363. The Balaban J connectivity index is -0.000000394. The van der Waals surface area contributed by atoms with E-state index in [2.05, 4.69) is 32.2 Å². The minimum atomic E-state index is -4.16. The van der Waals surface area contributed by atoms with E-state index in [1.165, 1.54) is 57.9 Å². The molecule has 0 saturated heterocycles. The molecule has 0 aliphatic rings. The molecule has 0 atom stereocenters. The van der Waals surface area contributed by atoms with Crippen molar-refractivity contribution in [2.24, 2.45) is 0 Å². The first-order valence-electron chi connectivity index (χ1n) is 7.46. The summed E-state index contributed by atoms with van der Waals surface area (Å²) < 4.78 is 30.8. The van der Waals surface area contributed by atoms with Crippen LogP contribution in [-0.2, 0) is 14.6 Å². The van der Waals surface area contributed by atoms with E-state index < -0.39 is 10.4 Å². The maximum Gasteiger partial charge on any atom is 0.397 e. The van der Waals surface area contributed by atoms with Crippen molar-refractivity contribution in [3.05, 3.63) is 0 Å². The third-order valence-corrected chi connectivity index (χ3v) is 3.31. The molecule has 132 valence electrons. The molecular weight excluding hydrogens is 292 g/mol. The highest BCUT2D eigenvalue weighted by atomic mass is 32.3. The summed E-state index contributed by atoms with van der Waals surface area (Å²) in [6.45, 7) is 3.61. The van der Waals surface area contributed by atoms with Crippen LogP contribution < -0.4 is 6.15 Å². The van der Waals surface area contributed by atoms with Gasteiger partial charge in [0.25, 0.3) is 0 Å². The van der Waals surface area contributed by atoms with E-state index in [0.29, 0.717) is 0 Å². The van der Waals surface area contributed by atoms with Crippen LogP contribution in [0.2, 0.25) is 0 Å². The second-order valence-electron chi connectivity index (χ2n) is 6.08. The number of nitrogens with zero attached hydrogens (tertiary/aromatic N) is 1. The van der Waals surface area contributed by atoms with E-state index in [4.69, 9.17) is 4.55 Å². The van der Waals surface area contributed by atoms with Crippen LogP contribution in [0.4, 0.5) is 0 Å². The lowest BCUT2D eigenvalue weighted by atomic mass is 10.1. The minimum absolute atomic E-state index is 0. The van der Waals surface area contributed by atoms with Crippen LogP contribution in [0.1, 0.15) is 58.3 Å². The van der Waals surface area contributed by atoms with Gasteiger partial charge >= 0.3 is 10.4 Å². The number of unbranched alkanes of at least 4 members (excludes halogenated alkanes) is 7. The smallest absolute Gasteiger partial charge is 0.344 e. The molecule has 0 aromatic rings. The molecule has 4 N–H and O–H groups in total. The van der Waals surface area contributed by atoms with Crippen molar-refractivity contribution in [3.63, 3.8) is 0 Å². The van der Waals surface area contributed by atoms with Gasteiger partial charge in [0, 0.05) is 0 Å². The van der Waals surface area contributed by atoms with Gasteiger partial charge in [-0.25, -0.2) is 0 Å². The average molecular weight is 330 g/mol. The van der Waals surface area contributed by atoms with Crippen molar-refractivity contribution in [3.8, 4) is 0 Å². The van der Waals surface area contributed by atoms with Crippen molar-refractivity contribution >= 4 is 10.4 Å². The third-order valence-electron chi connectivity index (χ3n) is 2.89. The zero-order chi connectivity index (χ0) is 16.1. The van der Waals surface area contributed by atoms with E-state index in [9.17, 15) is 8.42 Å². The highest BCUT2D eigenvalue weighted by molar-refractivity contribution is 7.80. The Hall–Kier alpha value is -0.210. The molecular formula is C14H37N2O4S+. The molecule has 0 rings (SSSR count). The van der Waals surface area contributed by atoms with Gasteiger partial charge in [0.1, 0.15) is 0 Å². The Morgan fingerprint density at radius 2 is 1.24 bits per heavy atom. The van der Waals surface area contributed by atoms with Crippen LogP contribution in [0.5, 0.6) is 0 Å². The van der Waals surface area contributed by atoms with Crippen LogP contribution in [0.3, 0.4) is 0 Å². The lowest BCUT2D eigenvalue weighted by Gasteiger charge is -2.23. The Morgan fingerprint density at radius 1 is 0.905 bits per heavy atom. The van der Waals surface area contributed by atoms with Crippen molar-refractivity contribution in [2.45, 2.75) is 58.3 Å². The van der Waals surface area contributed by atoms with Gasteiger partial charge in [-0.3, -0.25) is 8.74 Å². The molecule has 0 aliphatic carbocycles. The maximum atomic E-state index is 9.33. The molecule has 0 aromatic carbocycles. The SMILES string of the molecule is CCCCCCCCCC[N+](C)(C)C.COS(=O)(=O)O.N. The lowest BCUT2D eigenvalue weighted by molar-refractivity contribution is -0.870. The summed E-state index contributed by atoms with van der Waals surface area (Å²) in [4.78, 5) is 0. The molecule has 6 nitrogen and oxygen atoms in total. The maximum absolute atomic E-state index is 9.33. The second-order valence-corrected chi connectivity index (χ2v) is 7.27. The summed E-state index contributed by atoms with van der Waals surface area (Å²) in [5.41, 5.74) is 0. The Kier molecular flexibility index (Phi) is 18.0. The molecule has 0 aromatic heterocycles. The van der Waals surface area contributed by atoms with E-state index in [-0.39, 0.29) is 6.15 Å². The minimum Gasteiger partial charge on any atom is -0.344 e. The third kappa shape index (κ3) is 32.9. The predicted octanol–water partition coefficient (Wildman–Crippen LogP) is 3.43. The largest absolute Gasteiger partial charge is 0.397 e. The fourth-order valence-corrected chi connectivity index (χ4v) is 1.72. The van der Waals surface area contributed by atoms with Crippen LogP contribution in [-0.4, -0.2) is 52.3 Å². The monoisotopic (exact) mass is 329 g/mol. The molecule has 0 aliphatic heterocycles. The van der Waals surface area contributed by atoms with Gasteiger partial charge in [0.05, 0.1) is 34.8 Å². The van der Waals surface area contributed by atoms with E-state index >= 15 is 0 Å². The second kappa shape index (κ2) is 14.7. The summed E-state index contributed by atoms with van der Waals surface area (Å²) in [5, 5.41) is 0. The van der Waals surface area contributed by atoms with Gasteiger partial charge in [-0.1, -0.05) is 45.4 Å². The molecule has 0 unspecified atom stereocenters. The summed E-state index contributed by atoms with van der Waals surface area (Å²) in [7, 11) is 3.55. The van der Waals surface area contributed by atoms with E-state index in [1.807, 2.05) is 0 Å². The summed E-state index contributed by atoms with van der Waals surface area (Å²) >= 11 is 0. The van der Waals surface area contributed by atoms with Gasteiger partial charge in [-0.05, 0) is 12.8 Å². The van der Waals surface area contributed by atoms with E-state index in [1.54, 1.807) is 0 Å². The highest BCUT2D eigenvalue weighted by Crippen LogP contribution is 2.09. The number of hydrogen-bond acceptors (Lipinski definition) is 4. The van der Waals surface area contributed by atoms with Gasteiger partial charge < -0.3 is 10.6 Å². The van der Waals surface area contributed by atoms with Crippen molar-refractivity contribution < 1.29 is 21.6 Å². The molecule has 0 amide bonds. The molecule has 7 heteroatoms. The highest BCUT2D eigenvalue weighted by Gasteiger charge is 2.04. The van der Waals surface area contributed by atoms with Crippen LogP contribution in [0.15, 0.2) is 0 Å². The van der Waals surface area contributed by atoms with Gasteiger partial charge in [0.2, 0.25) is 0 Å². The zero-order valence-corrected chi connectivity index (χ0v) is 15.4. The summed E-state index contributed by atoms with van der Waals surface area (Å²) in [6.07, 6.45) is 11.4. The predicted molar refractivity (Wildman–Crippen MR) is 89.1 cm³/mol. The first-order valence-corrected chi connectivity index (χ1v) is 8.82. The molecule has 0 spiro atoms. The van der Waals surface area contributed by atoms with Crippen LogP contribution >= 0.6 is 0 Å². The van der Waals surface area contributed by atoms with E-state index in [0.717, 1.165) is 11.6 Å². The van der Waals surface area contributed by atoms with Gasteiger partial charge in [-0.15, -0.1) is 0 Å². The molecule has 0 radical (unpaired) electrons. The number of rotatable bonds is 10. The number of hydrogen-bond donors (Lipinski definition) is 2. The first kappa shape index (κ1) is 25.7. The molecule has 0 fully saturated rings. The summed E-state index contributed by atoms with van der Waals surface area (Å²) in [5.74, 6) is 0. The Labute approximate surface area is 132 Å². The fraction of sp³-hybridized carbons (Fsp3) is 1.00. The molecule has 21 heavy (non-hydrogen) atoms. The summed E-state index contributed by atoms with van der Waals surface area (Å²) in [6, 6.07) is 0. The molecule has 0 saturated carbocycles. The fourth-order valence-electron chi connectivity index (χ4n) is 1.72. The van der Waals surface area contributed by atoms with Crippen molar-refractivity contribution in [1.82, 2.24) is 6.15 Å². The van der Waals surface area contributed by atoms with Crippen LogP contribution in [0.25, 0.3) is 0 Å². The average Bonchev–Trinajstić information content (AvgIpc) is 2.31.